The maximum atomic E-state index is 11.1. The average molecular weight is 400 g/mol. The Bertz CT molecular complexity index is 846. The molecule has 5 heteroatoms. The molecule has 0 heterocycles. The van der Waals surface area contributed by atoms with E-state index in [1.54, 1.807) is 0 Å². The molecule has 3 aromatic carbocycles. The molecule has 0 aromatic heterocycles. The summed E-state index contributed by atoms with van der Waals surface area (Å²) in [5, 5.41) is 3.94. The first kappa shape index (κ1) is 19.8. The third-order valence-electron chi connectivity index (χ3n) is 5.00. The fraction of sp³-hybridized carbons (Fsp3) is 0.182. The van der Waals surface area contributed by atoms with Crippen molar-refractivity contribution in [3.05, 3.63) is 91.0 Å². The molecule has 0 bridgehead atoms. The molecule has 0 saturated heterocycles. The first-order valence-corrected chi connectivity index (χ1v) is 13.0. The Kier molecular flexibility index (Phi) is 6.43. The summed E-state index contributed by atoms with van der Waals surface area (Å²) in [5.41, 5.74) is 0. The van der Waals surface area contributed by atoms with Crippen LogP contribution in [-0.4, -0.2) is 24.9 Å². The molecular weight excluding hydrogens is 375 g/mol. The maximum absolute atomic E-state index is 11.1. The van der Waals surface area contributed by atoms with Gasteiger partial charge in [-0.05, 0) is 0 Å². The van der Waals surface area contributed by atoms with Crippen molar-refractivity contribution < 1.29 is 13.0 Å². The number of rotatable bonds is 8. The second-order valence-electron chi connectivity index (χ2n) is 6.75. The summed E-state index contributed by atoms with van der Waals surface area (Å²) in [4.78, 5) is 0. The Morgan fingerprint density at radius 2 is 1.00 bits per heavy atom. The van der Waals surface area contributed by atoms with Gasteiger partial charge in [0.05, 0.1) is 0 Å². The van der Waals surface area contributed by atoms with E-state index in [-0.39, 0.29) is 5.75 Å². The Morgan fingerprint density at radius 1 is 0.630 bits per heavy atom. The van der Waals surface area contributed by atoms with Crippen LogP contribution in [-0.2, 0) is 10.1 Å². The molecule has 0 fully saturated rings. The van der Waals surface area contributed by atoms with E-state index in [1.165, 1.54) is 15.9 Å². The summed E-state index contributed by atoms with van der Waals surface area (Å²) < 4.78 is 31.3. The quantitative estimate of drug-likeness (QED) is 0.358. The Morgan fingerprint density at radius 3 is 1.33 bits per heavy atom. The van der Waals surface area contributed by atoms with Crippen LogP contribution >= 0.6 is 7.26 Å². The van der Waals surface area contributed by atoms with Gasteiger partial charge in [0.1, 0.15) is 0 Å². The number of hydrogen-bond donors (Lipinski definition) is 1. The first-order valence-electron chi connectivity index (χ1n) is 9.14. The van der Waals surface area contributed by atoms with Gasteiger partial charge in [-0.15, -0.1) is 0 Å². The van der Waals surface area contributed by atoms with Gasteiger partial charge in [0.15, 0.2) is 0 Å². The molecule has 3 aromatic rings. The predicted molar refractivity (Wildman–Crippen MR) is 117 cm³/mol. The molecule has 27 heavy (non-hydrogen) atoms. The zero-order chi connectivity index (χ0) is 19.2. The standard InChI is InChI=1S/C22H25O3PS/c23-27(24,25)19-11-10-18-26(20-12-4-1-5-13-20,21-14-6-2-7-15-21)22-16-8-3-9-17-22/h1-9,12-17,26H,10-11,18-19H2,(H,23,24,25). The third-order valence-corrected chi connectivity index (χ3v) is 10.9. The van der Waals surface area contributed by atoms with Gasteiger partial charge in [0.2, 0.25) is 0 Å². The minimum atomic E-state index is -3.92. The summed E-state index contributed by atoms with van der Waals surface area (Å²) in [7, 11) is -6.22. The SMILES string of the molecule is O=S(=O)(O)CCCC[PH](c1ccccc1)(c1ccccc1)c1ccccc1. The summed E-state index contributed by atoms with van der Waals surface area (Å²) in [6, 6.07) is 31.6. The van der Waals surface area contributed by atoms with Gasteiger partial charge in [-0.2, -0.15) is 0 Å². The van der Waals surface area contributed by atoms with Gasteiger partial charge in [-0.1, -0.05) is 0 Å². The van der Waals surface area contributed by atoms with Crippen molar-refractivity contribution in [2.24, 2.45) is 0 Å². The molecule has 3 rings (SSSR count). The number of unbranched alkanes of at least 4 members (excludes halogenated alkanes) is 1. The van der Waals surface area contributed by atoms with Gasteiger partial charge in [0.25, 0.3) is 0 Å². The van der Waals surface area contributed by atoms with Gasteiger partial charge < -0.3 is 0 Å². The number of hydrogen-bond acceptors (Lipinski definition) is 2. The molecule has 0 radical (unpaired) electrons. The van der Waals surface area contributed by atoms with Crippen molar-refractivity contribution in [2.45, 2.75) is 12.8 Å². The van der Waals surface area contributed by atoms with Crippen LogP contribution in [0.25, 0.3) is 0 Å². The first-order chi connectivity index (χ1) is 13.0. The van der Waals surface area contributed by atoms with Crippen molar-refractivity contribution in [1.82, 2.24) is 0 Å². The summed E-state index contributed by atoms with van der Waals surface area (Å²) >= 11 is 0. The van der Waals surface area contributed by atoms with E-state index >= 15 is 0 Å². The van der Waals surface area contributed by atoms with E-state index in [9.17, 15) is 8.42 Å². The van der Waals surface area contributed by atoms with Crippen LogP contribution in [0.3, 0.4) is 0 Å². The van der Waals surface area contributed by atoms with Gasteiger partial charge in [-0.25, -0.2) is 0 Å². The Hall–Kier alpha value is -2.00. The van der Waals surface area contributed by atoms with Gasteiger partial charge >= 0.3 is 162 Å². The fourth-order valence-corrected chi connectivity index (χ4v) is 9.28. The Balaban J connectivity index is 2.08. The molecule has 0 atom stereocenters. The van der Waals surface area contributed by atoms with Crippen LogP contribution in [0.15, 0.2) is 91.0 Å². The summed E-state index contributed by atoms with van der Waals surface area (Å²) in [6.45, 7) is 0. The van der Waals surface area contributed by atoms with Crippen LogP contribution in [0.5, 0.6) is 0 Å². The summed E-state index contributed by atoms with van der Waals surface area (Å²) in [5.74, 6) is -0.185. The molecule has 0 unspecified atom stereocenters. The third kappa shape index (κ3) is 4.84. The van der Waals surface area contributed by atoms with Crippen LogP contribution in [0.4, 0.5) is 0 Å². The molecular formula is C22H25O3PS. The molecule has 1 N–H and O–H groups in total. The van der Waals surface area contributed by atoms with E-state index < -0.39 is 17.4 Å². The molecule has 0 spiro atoms. The van der Waals surface area contributed by atoms with Crippen molar-refractivity contribution in [3.63, 3.8) is 0 Å². The average Bonchev–Trinajstić information content (AvgIpc) is 2.70. The monoisotopic (exact) mass is 400 g/mol. The molecule has 142 valence electrons. The fourth-order valence-electron chi connectivity index (χ4n) is 3.78. The Labute approximate surface area is 162 Å². The zero-order valence-electron chi connectivity index (χ0n) is 15.2. The molecule has 0 saturated carbocycles. The van der Waals surface area contributed by atoms with Gasteiger partial charge in [-0.3, -0.25) is 0 Å². The van der Waals surface area contributed by atoms with Crippen molar-refractivity contribution in [1.29, 1.82) is 0 Å². The van der Waals surface area contributed by atoms with E-state index in [2.05, 4.69) is 72.8 Å². The van der Waals surface area contributed by atoms with Crippen molar-refractivity contribution in [2.75, 3.05) is 11.9 Å². The molecule has 0 aliphatic rings. The molecule has 0 amide bonds. The molecule has 0 aliphatic carbocycles. The molecule has 0 aliphatic heterocycles. The predicted octanol–water partition coefficient (Wildman–Crippen LogP) is 3.38. The van der Waals surface area contributed by atoms with Crippen molar-refractivity contribution >= 4 is 33.3 Å². The zero-order valence-corrected chi connectivity index (χ0v) is 17.0. The minimum absolute atomic E-state index is 0.185. The van der Waals surface area contributed by atoms with E-state index in [0.29, 0.717) is 6.42 Å². The molecule has 3 nitrogen and oxygen atoms in total. The topological polar surface area (TPSA) is 54.4 Å². The van der Waals surface area contributed by atoms with Crippen LogP contribution in [0.1, 0.15) is 12.8 Å². The van der Waals surface area contributed by atoms with Crippen LogP contribution < -0.4 is 15.9 Å². The van der Waals surface area contributed by atoms with Gasteiger partial charge in [0, 0.05) is 0 Å². The normalized spacial score (nSPS) is 12.6. The summed E-state index contributed by atoms with van der Waals surface area (Å²) in [6.07, 6.45) is 2.09. The van der Waals surface area contributed by atoms with E-state index in [4.69, 9.17) is 4.55 Å². The van der Waals surface area contributed by atoms with Crippen LogP contribution in [0.2, 0.25) is 0 Å². The second-order valence-corrected chi connectivity index (χ2v) is 12.4. The number of benzene rings is 3. The van der Waals surface area contributed by atoms with Crippen molar-refractivity contribution in [3.8, 4) is 0 Å². The van der Waals surface area contributed by atoms with E-state index in [1.807, 2.05) is 18.2 Å². The van der Waals surface area contributed by atoms with E-state index in [0.717, 1.165) is 12.6 Å². The second kappa shape index (κ2) is 8.79. The van der Waals surface area contributed by atoms with Crippen LogP contribution in [0, 0.1) is 0 Å².